The van der Waals surface area contributed by atoms with E-state index in [-0.39, 0.29) is 30.0 Å². The Morgan fingerprint density at radius 3 is 2.69 bits per heavy atom. The van der Waals surface area contributed by atoms with Gasteiger partial charge in [0, 0.05) is 24.6 Å². The fourth-order valence-electron chi connectivity index (χ4n) is 2.04. The Hall–Kier alpha value is -3.66. The first-order valence-electron chi connectivity index (χ1n) is 7.77. The van der Waals surface area contributed by atoms with Crippen molar-refractivity contribution in [3.05, 3.63) is 75.3 Å². The van der Waals surface area contributed by atoms with Crippen LogP contribution in [0.3, 0.4) is 0 Å². The van der Waals surface area contributed by atoms with Gasteiger partial charge in [0.1, 0.15) is 18.5 Å². The third-order valence-electron chi connectivity index (χ3n) is 3.31. The number of alkyl carbamates (subject to hydrolysis) is 1. The van der Waals surface area contributed by atoms with Gasteiger partial charge < -0.3 is 10.1 Å². The standard InChI is InChI=1S/C19H16N2O5/c22-13-16-9-10-17(18(12-16)21(24)25)8-4-5-11-20-19(23)26-14-15-6-2-1-3-7-15/h1-3,6-7,9-10,12-13H,5,11,14H2,(H,20,23). The molecule has 0 unspecified atom stereocenters. The molecule has 0 fully saturated rings. The SMILES string of the molecule is O=Cc1ccc(C#CCCNC(=O)OCc2ccccc2)c([N+](=O)[O-])c1. The van der Waals surface area contributed by atoms with Crippen LogP contribution in [-0.2, 0) is 11.3 Å². The fraction of sp³-hybridized carbons (Fsp3) is 0.158. The lowest BCUT2D eigenvalue weighted by Gasteiger charge is -2.05. The number of hydrogen-bond donors (Lipinski definition) is 1. The molecule has 2 rings (SSSR count). The van der Waals surface area contributed by atoms with Gasteiger partial charge in [-0.1, -0.05) is 42.2 Å². The van der Waals surface area contributed by atoms with Crippen LogP contribution in [0.4, 0.5) is 10.5 Å². The first-order valence-corrected chi connectivity index (χ1v) is 7.77. The molecule has 0 aromatic heterocycles. The van der Waals surface area contributed by atoms with E-state index in [2.05, 4.69) is 17.2 Å². The van der Waals surface area contributed by atoms with Gasteiger partial charge in [0.2, 0.25) is 0 Å². The van der Waals surface area contributed by atoms with E-state index in [1.807, 2.05) is 30.3 Å². The van der Waals surface area contributed by atoms with E-state index >= 15 is 0 Å². The summed E-state index contributed by atoms with van der Waals surface area (Å²) >= 11 is 0. The Bertz CT molecular complexity index is 853. The van der Waals surface area contributed by atoms with Crippen LogP contribution in [0.15, 0.2) is 48.5 Å². The zero-order chi connectivity index (χ0) is 18.8. The highest BCUT2D eigenvalue weighted by molar-refractivity contribution is 5.77. The van der Waals surface area contributed by atoms with Crippen LogP contribution in [0.1, 0.15) is 27.9 Å². The maximum atomic E-state index is 11.6. The van der Waals surface area contributed by atoms with Crippen LogP contribution in [0.5, 0.6) is 0 Å². The van der Waals surface area contributed by atoms with E-state index in [4.69, 9.17) is 4.74 Å². The van der Waals surface area contributed by atoms with Gasteiger partial charge in [0.15, 0.2) is 0 Å². The summed E-state index contributed by atoms with van der Waals surface area (Å²) in [5.74, 6) is 5.43. The van der Waals surface area contributed by atoms with Gasteiger partial charge in [-0.3, -0.25) is 14.9 Å². The van der Waals surface area contributed by atoms with Crippen LogP contribution < -0.4 is 5.32 Å². The molecule has 1 amide bonds. The number of carbonyl (C=O) groups is 2. The number of rotatable bonds is 6. The zero-order valence-corrected chi connectivity index (χ0v) is 13.8. The molecule has 132 valence electrons. The predicted molar refractivity (Wildman–Crippen MR) is 94.6 cm³/mol. The molecule has 0 spiro atoms. The number of amides is 1. The topological polar surface area (TPSA) is 98.5 Å². The quantitative estimate of drug-likeness (QED) is 0.283. The Kier molecular flexibility index (Phi) is 6.89. The first-order chi connectivity index (χ1) is 12.6. The number of benzene rings is 2. The molecule has 0 saturated heterocycles. The summed E-state index contributed by atoms with van der Waals surface area (Å²) in [6.07, 6.45) is 0.277. The van der Waals surface area contributed by atoms with Gasteiger partial charge in [-0.15, -0.1) is 0 Å². The van der Waals surface area contributed by atoms with Crippen molar-refractivity contribution in [3.63, 3.8) is 0 Å². The average molecular weight is 352 g/mol. The minimum atomic E-state index is -0.587. The number of nitrogens with zero attached hydrogens (tertiary/aromatic N) is 1. The smallest absolute Gasteiger partial charge is 0.407 e. The van der Waals surface area contributed by atoms with Gasteiger partial charge in [-0.25, -0.2) is 4.79 Å². The Morgan fingerprint density at radius 2 is 2.00 bits per heavy atom. The van der Waals surface area contributed by atoms with E-state index in [1.54, 1.807) is 0 Å². The second-order valence-corrected chi connectivity index (χ2v) is 5.19. The lowest BCUT2D eigenvalue weighted by Crippen LogP contribution is -2.24. The fourth-order valence-corrected chi connectivity index (χ4v) is 2.04. The second kappa shape index (κ2) is 9.59. The van der Waals surface area contributed by atoms with E-state index in [9.17, 15) is 19.7 Å². The molecule has 2 aromatic carbocycles. The first kappa shape index (κ1) is 18.7. The average Bonchev–Trinajstić information content (AvgIpc) is 2.66. The maximum Gasteiger partial charge on any atom is 0.407 e. The van der Waals surface area contributed by atoms with Gasteiger partial charge in [-0.2, -0.15) is 0 Å². The Labute approximate surface area is 150 Å². The van der Waals surface area contributed by atoms with E-state index in [0.717, 1.165) is 5.56 Å². The molecule has 2 aromatic rings. The highest BCUT2D eigenvalue weighted by atomic mass is 16.6. The third-order valence-corrected chi connectivity index (χ3v) is 3.31. The maximum absolute atomic E-state index is 11.6. The molecular formula is C19H16N2O5. The van der Waals surface area contributed by atoms with Gasteiger partial charge in [0.25, 0.3) is 5.69 Å². The molecule has 0 radical (unpaired) electrons. The summed E-state index contributed by atoms with van der Waals surface area (Å²) in [5.41, 5.74) is 1.09. The van der Waals surface area contributed by atoms with Crippen LogP contribution in [0, 0.1) is 22.0 Å². The largest absolute Gasteiger partial charge is 0.445 e. The molecule has 0 saturated carbocycles. The molecule has 26 heavy (non-hydrogen) atoms. The molecule has 0 aliphatic rings. The monoisotopic (exact) mass is 352 g/mol. The van der Waals surface area contributed by atoms with Crippen molar-refractivity contribution >= 4 is 18.1 Å². The lowest BCUT2D eigenvalue weighted by atomic mass is 10.1. The molecular weight excluding hydrogens is 336 g/mol. The summed E-state index contributed by atoms with van der Waals surface area (Å²) in [6.45, 7) is 0.425. The summed E-state index contributed by atoms with van der Waals surface area (Å²) < 4.78 is 5.05. The van der Waals surface area contributed by atoms with Gasteiger partial charge in [-0.05, 0) is 17.7 Å². The van der Waals surface area contributed by atoms with Crippen molar-refractivity contribution in [2.24, 2.45) is 0 Å². The minimum absolute atomic E-state index is 0.174. The summed E-state index contributed by atoms with van der Waals surface area (Å²) in [5, 5.41) is 13.6. The molecule has 7 heteroatoms. The van der Waals surface area contributed by atoms with Gasteiger partial charge >= 0.3 is 6.09 Å². The molecule has 0 heterocycles. The highest BCUT2D eigenvalue weighted by Gasteiger charge is 2.12. The molecule has 0 bridgehead atoms. The Morgan fingerprint density at radius 1 is 1.23 bits per heavy atom. The molecule has 0 aliphatic heterocycles. The lowest BCUT2D eigenvalue weighted by molar-refractivity contribution is -0.385. The van der Waals surface area contributed by atoms with E-state index in [0.29, 0.717) is 12.7 Å². The number of ether oxygens (including phenoxy) is 1. The van der Waals surface area contributed by atoms with Crippen molar-refractivity contribution in [2.45, 2.75) is 13.0 Å². The normalized spacial score (nSPS) is 9.54. The molecule has 0 atom stereocenters. The molecule has 1 N–H and O–H groups in total. The number of nitro benzene ring substituents is 1. The van der Waals surface area contributed by atoms with Crippen molar-refractivity contribution in [3.8, 4) is 11.8 Å². The molecule has 7 nitrogen and oxygen atoms in total. The van der Waals surface area contributed by atoms with Crippen LogP contribution in [0.2, 0.25) is 0 Å². The van der Waals surface area contributed by atoms with Crippen LogP contribution in [-0.4, -0.2) is 23.8 Å². The van der Waals surface area contributed by atoms with Crippen molar-refractivity contribution in [2.75, 3.05) is 6.54 Å². The van der Waals surface area contributed by atoms with Crippen LogP contribution >= 0.6 is 0 Å². The highest BCUT2D eigenvalue weighted by Crippen LogP contribution is 2.18. The summed E-state index contributed by atoms with van der Waals surface area (Å²) in [6, 6.07) is 13.3. The van der Waals surface area contributed by atoms with E-state index < -0.39 is 11.0 Å². The summed E-state index contributed by atoms with van der Waals surface area (Å²) in [4.78, 5) is 32.7. The third kappa shape index (κ3) is 5.76. The van der Waals surface area contributed by atoms with Crippen LogP contribution in [0.25, 0.3) is 0 Å². The number of nitrogens with one attached hydrogen (secondary N) is 1. The number of aldehydes is 1. The van der Waals surface area contributed by atoms with E-state index in [1.165, 1.54) is 18.2 Å². The molecule has 0 aliphatic carbocycles. The van der Waals surface area contributed by atoms with Crippen molar-refractivity contribution in [1.29, 1.82) is 0 Å². The van der Waals surface area contributed by atoms with Crippen molar-refractivity contribution < 1.29 is 19.2 Å². The van der Waals surface area contributed by atoms with Crippen molar-refractivity contribution in [1.82, 2.24) is 5.32 Å². The second-order valence-electron chi connectivity index (χ2n) is 5.19. The predicted octanol–water partition coefficient (Wildman–Crippen LogP) is 3.08. The number of hydrogen-bond acceptors (Lipinski definition) is 5. The number of nitro groups is 1. The van der Waals surface area contributed by atoms with Gasteiger partial charge in [0.05, 0.1) is 4.92 Å². The zero-order valence-electron chi connectivity index (χ0n) is 13.8. The summed E-state index contributed by atoms with van der Waals surface area (Å²) in [7, 11) is 0. The Balaban J connectivity index is 1.81. The minimum Gasteiger partial charge on any atom is -0.445 e. The number of carbonyl (C=O) groups excluding carboxylic acids is 2.